The summed E-state index contributed by atoms with van der Waals surface area (Å²) in [4.78, 5) is 0. The van der Waals surface area contributed by atoms with E-state index in [0.717, 1.165) is 19.4 Å². The first-order valence-electron chi connectivity index (χ1n) is 4.72. The Morgan fingerprint density at radius 2 is 2.08 bits per heavy atom. The number of aliphatic hydroxyl groups is 1. The van der Waals surface area contributed by atoms with Crippen LogP contribution in [0.1, 0.15) is 26.7 Å². The molecule has 1 aliphatic heterocycles. The molecule has 1 heterocycles. The van der Waals surface area contributed by atoms with Crippen molar-refractivity contribution in [3.05, 3.63) is 0 Å². The number of hydrogen-bond acceptors (Lipinski definition) is 3. The molecule has 3 heteroatoms. The third-order valence-corrected chi connectivity index (χ3v) is 2.67. The van der Waals surface area contributed by atoms with Crippen LogP contribution in [0.4, 0.5) is 0 Å². The van der Waals surface area contributed by atoms with Crippen molar-refractivity contribution in [1.82, 2.24) is 5.32 Å². The van der Waals surface area contributed by atoms with Crippen LogP contribution in [-0.2, 0) is 4.74 Å². The van der Waals surface area contributed by atoms with Gasteiger partial charge in [-0.1, -0.05) is 6.92 Å². The van der Waals surface area contributed by atoms with Crippen molar-refractivity contribution in [1.29, 1.82) is 0 Å². The molecule has 1 aliphatic rings. The second kappa shape index (κ2) is 4.21. The zero-order valence-electron chi connectivity index (χ0n) is 7.97. The Hall–Kier alpha value is -0.120. The lowest BCUT2D eigenvalue weighted by Gasteiger charge is -2.37. The summed E-state index contributed by atoms with van der Waals surface area (Å²) in [6.07, 6.45) is 1.50. The van der Waals surface area contributed by atoms with E-state index in [1.165, 1.54) is 0 Å². The molecule has 0 aromatic carbocycles. The van der Waals surface area contributed by atoms with E-state index in [9.17, 15) is 5.11 Å². The minimum absolute atomic E-state index is 0.173. The van der Waals surface area contributed by atoms with Crippen molar-refractivity contribution in [3.63, 3.8) is 0 Å². The topological polar surface area (TPSA) is 41.5 Å². The molecule has 0 aromatic heterocycles. The van der Waals surface area contributed by atoms with Crippen molar-refractivity contribution in [2.75, 3.05) is 19.8 Å². The number of likely N-dealkylation sites (N-methyl/N-ethyl adjacent to an activating group) is 1. The van der Waals surface area contributed by atoms with Crippen LogP contribution in [-0.4, -0.2) is 36.5 Å². The van der Waals surface area contributed by atoms with Crippen molar-refractivity contribution >= 4 is 0 Å². The summed E-state index contributed by atoms with van der Waals surface area (Å²) in [5, 5.41) is 13.4. The fraction of sp³-hybridized carbons (Fsp3) is 1.00. The van der Waals surface area contributed by atoms with Crippen LogP contribution in [0.3, 0.4) is 0 Å². The Morgan fingerprint density at radius 1 is 1.50 bits per heavy atom. The lowest BCUT2D eigenvalue weighted by atomic mass is 9.87. The molecule has 3 nitrogen and oxygen atoms in total. The van der Waals surface area contributed by atoms with Gasteiger partial charge >= 0.3 is 0 Å². The van der Waals surface area contributed by atoms with Crippen molar-refractivity contribution in [2.24, 2.45) is 0 Å². The third kappa shape index (κ3) is 2.19. The van der Waals surface area contributed by atoms with Crippen molar-refractivity contribution in [2.45, 2.75) is 38.3 Å². The van der Waals surface area contributed by atoms with Crippen molar-refractivity contribution in [3.8, 4) is 0 Å². The van der Waals surface area contributed by atoms with E-state index in [2.05, 4.69) is 12.2 Å². The van der Waals surface area contributed by atoms with Crippen LogP contribution in [0.5, 0.6) is 0 Å². The molecule has 0 saturated carbocycles. The zero-order valence-corrected chi connectivity index (χ0v) is 7.97. The molecule has 1 saturated heterocycles. The summed E-state index contributed by atoms with van der Waals surface area (Å²) < 4.78 is 5.21. The molecule has 12 heavy (non-hydrogen) atoms. The van der Waals surface area contributed by atoms with Crippen LogP contribution in [0.15, 0.2) is 0 Å². The smallest absolute Gasteiger partial charge is 0.0841 e. The zero-order chi connectivity index (χ0) is 9.03. The fourth-order valence-corrected chi connectivity index (χ4v) is 1.65. The first kappa shape index (κ1) is 9.96. The number of rotatable bonds is 3. The highest BCUT2D eigenvalue weighted by molar-refractivity contribution is 4.90. The Bertz CT molecular complexity index is 132. The average molecular weight is 173 g/mol. The van der Waals surface area contributed by atoms with Crippen LogP contribution in [0.2, 0.25) is 0 Å². The maximum atomic E-state index is 10.1. The molecule has 2 N–H and O–H groups in total. The van der Waals surface area contributed by atoms with E-state index < -0.39 is 5.60 Å². The van der Waals surface area contributed by atoms with Gasteiger partial charge in [-0.3, -0.25) is 0 Å². The quantitative estimate of drug-likeness (QED) is 0.654. The molecular formula is C9H19NO2. The molecule has 0 amide bonds. The Balaban J connectivity index is 2.44. The highest BCUT2D eigenvalue weighted by Crippen LogP contribution is 2.23. The molecule has 1 atom stereocenters. The summed E-state index contributed by atoms with van der Waals surface area (Å²) in [5.41, 5.74) is -0.547. The van der Waals surface area contributed by atoms with Gasteiger partial charge in [0.25, 0.3) is 0 Å². The minimum atomic E-state index is -0.547. The van der Waals surface area contributed by atoms with Gasteiger partial charge in [0.2, 0.25) is 0 Å². The molecule has 0 aliphatic carbocycles. The van der Waals surface area contributed by atoms with Crippen LogP contribution in [0.25, 0.3) is 0 Å². The maximum absolute atomic E-state index is 10.1. The molecule has 0 spiro atoms. The molecule has 72 valence electrons. The second-order valence-corrected chi connectivity index (χ2v) is 3.50. The van der Waals surface area contributed by atoms with Crippen LogP contribution >= 0.6 is 0 Å². The first-order valence-corrected chi connectivity index (χ1v) is 4.72. The predicted octanol–water partition coefficient (Wildman–Crippen LogP) is 0.526. The van der Waals surface area contributed by atoms with Gasteiger partial charge in [-0.15, -0.1) is 0 Å². The highest BCUT2D eigenvalue weighted by Gasteiger charge is 2.34. The largest absolute Gasteiger partial charge is 0.388 e. The normalized spacial score (nSPS) is 25.2. The Morgan fingerprint density at radius 3 is 2.58 bits per heavy atom. The van der Waals surface area contributed by atoms with Gasteiger partial charge < -0.3 is 15.2 Å². The lowest BCUT2D eigenvalue weighted by molar-refractivity contribution is -0.0813. The van der Waals surface area contributed by atoms with Gasteiger partial charge in [-0.05, 0) is 13.5 Å². The molecule has 0 radical (unpaired) electrons. The van der Waals surface area contributed by atoms with Gasteiger partial charge in [0.05, 0.1) is 5.60 Å². The van der Waals surface area contributed by atoms with Gasteiger partial charge in [-0.2, -0.15) is 0 Å². The first-order chi connectivity index (χ1) is 5.69. The van der Waals surface area contributed by atoms with Crippen LogP contribution in [0, 0.1) is 0 Å². The highest BCUT2D eigenvalue weighted by atomic mass is 16.5. The van der Waals surface area contributed by atoms with Crippen molar-refractivity contribution < 1.29 is 9.84 Å². The standard InChI is InChI=1S/C9H19NO2/c1-3-10-8(2)9(11)4-6-12-7-5-9/h8,10-11H,3-7H2,1-2H3. The van der Waals surface area contributed by atoms with E-state index in [1.807, 2.05) is 6.92 Å². The molecule has 1 rings (SSSR count). The van der Waals surface area contributed by atoms with Gasteiger partial charge in [0, 0.05) is 32.1 Å². The van der Waals surface area contributed by atoms with Gasteiger partial charge in [-0.25, -0.2) is 0 Å². The van der Waals surface area contributed by atoms with Gasteiger partial charge in [0.15, 0.2) is 0 Å². The van der Waals surface area contributed by atoms with Crippen LogP contribution < -0.4 is 5.32 Å². The van der Waals surface area contributed by atoms with E-state index in [1.54, 1.807) is 0 Å². The molecular weight excluding hydrogens is 154 g/mol. The number of nitrogens with one attached hydrogen (secondary N) is 1. The molecule has 1 fully saturated rings. The molecule has 0 aromatic rings. The Kier molecular flexibility index (Phi) is 3.50. The Labute approximate surface area is 74.1 Å². The van der Waals surface area contributed by atoms with E-state index in [-0.39, 0.29) is 6.04 Å². The second-order valence-electron chi connectivity index (χ2n) is 3.50. The maximum Gasteiger partial charge on any atom is 0.0841 e. The summed E-state index contributed by atoms with van der Waals surface area (Å²) in [6.45, 7) is 6.37. The van der Waals surface area contributed by atoms with E-state index in [0.29, 0.717) is 13.2 Å². The van der Waals surface area contributed by atoms with E-state index in [4.69, 9.17) is 4.74 Å². The average Bonchev–Trinajstić information content (AvgIpc) is 2.06. The SMILES string of the molecule is CCNC(C)C1(O)CCOCC1. The fourth-order valence-electron chi connectivity index (χ4n) is 1.65. The number of hydrogen-bond donors (Lipinski definition) is 2. The molecule has 1 unspecified atom stereocenters. The summed E-state index contributed by atoms with van der Waals surface area (Å²) in [5.74, 6) is 0. The monoisotopic (exact) mass is 173 g/mol. The minimum Gasteiger partial charge on any atom is -0.388 e. The summed E-state index contributed by atoms with van der Waals surface area (Å²) in [7, 11) is 0. The summed E-state index contributed by atoms with van der Waals surface area (Å²) in [6, 6.07) is 0.173. The summed E-state index contributed by atoms with van der Waals surface area (Å²) >= 11 is 0. The molecule has 0 bridgehead atoms. The van der Waals surface area contributed by atoms with Gasteiger partial charge in [0.1, 0.15) is 0 Å². The predicted molar refractivity (Wildman–Crippen MR) is 48.1 cm³/mol. The lowest BCUT2D eigenvalue weighted by Crippen LogP contribution is -2.52. The number of ether oxygens (including phenoxy) is 1. The third-order valence-electron chi connectivity index (χ3n) is 2.67. The van der Waals surface area contributed by atoms with E-state index >= 15 is 0 Å².